The number of quaternary nitrogens is 1. The molecular weight excluding hydrogens is 508 g/mol. The summed E-state index contributed by atoms with van der Waals surface area (Å²) in [5.74, 6) is 0. The fraction of sp³-hybridized carbons (Fsp3) is 0.368. The molecule has 0 N–H and O–H groups in total. The number of hydrogen-bond acceptors (Lipinski definition) is 5. The smallest absolute Gasteiger partial charge is 0.269 e. The van der Waals surface area contributed by atoms with Crippen LogP contribution in [-0.4, -0.2) is 52.5 Å². The van der Waals surface area contributed by atoms with Gasteiger partial charge in [-0.3, -0.25) is 25.1 Å². The first-order valence-electron chi connectivity index (χ1n) is 8.87. The maximum atomic E-state index is 11.0. The molecule has 1 aliphatic heterocycles. The van der Waals surface area contributed by atoms with E-state index in [1.54, 1.807) is 24.3 Å². The van der Waals surface area contributed by atoms with Gasteiger partial charge in [-0.15, -0.1) is 0 Å². The number of nitro groups is 2. The fourth-order valence-corrected chi connectivity index (χ4v) is 3.54. The maximum Gasteiger partial charge on any atom is 0.269 e. The first-order chi connectivity index (χ1) is 12.8. The van der Waals surface area contributed by atoms with Crippen LogP contribution in [0.4, 0.5) is 11.4 Å². The Hall–Kier alpha value is -1.88. The topological polar surface area (TPSA) is 89.5 Å². The maximum absolute atomic E-state index is 11.0. The molecule has 8 nitrogen and oxygen atoms in total. The predicted molar refractivity (Wildman–Crippen MR) is 101 cm³/mol. The molecule has 158 valence electrons. The van der Waals surface area contributed by atoms with Crippen LogP contribution in [0.2, 0.25) is 0 Å². The minimum Gasteiger partial charge on any atom is -1.00 e. The molecule has 2 aromatic rings. The van der Waals surface area contributed by atoms with Gasteiger partial charge >= 0.3 is 0 Å². The Kier molecular flexibility index (Phi) is 9.34. The van der Waals surface area contributed by atoms with Crippen LogP contribution in [0, 0.1) is 20.2 Å². The molecule has 1 aliphatic rings. The predicted octanol–water partition coefficient (Wildman–Crippen LogP) is -3.03. The van der Waals surface area contributed by atoms with Gasteiger partial charge in [0.25, 0.3) is 11.4 Å². The van der Waals surface area contributed by atoms with E-state index in [0.717, 1.165) is 48.3 Å². The van der Waals surface area contributed by atoms with Gasteiger partial charge in [-0.05, 0) is 5.56 Å². The van der Waals surface area contributed by atoms with E-state index in [0.29, 0.717) is 6.54 Å². The zero-order valence-corrected chi connectivity index (χ0v) is 19.2. The Morgan fingerprint density at radius 1 is 0.897 bits per heavy atom. The molecular formula is C19H23Br2N4O4-. The summed E-state index contributed by atoms with van der Waals surface area (Å²) in [5, 5.41) is 21.9. The van der Waals surface area contributed by atoms with Crippen LogP contribution in [0.5, 0.6) is 0 Å². The van der Waals surface area contributed by atoms with Crippen molar-refractivity contribution in [3.8, 4) is 0 Å². The van der Waals surface area contributed by atoms with E-state index in [-0.39, 0.29) is 55.2 Å². The van der Waals surface area contributed by atoms with Gasteiger partial charge in [0.15, 0.2) is 0 Å². The lowest BCUT2D eigenvalue weighted by Crippen LogP contribution is -3.00. The third kappa shape index (κ3) is 6.84. The first-order valence-corrected chi connectivity index (χ1v) is 8.87. The van der Waals surface area contributed by atoms with Crippen LogP contribution in [0.15, 0.2) is 48.5 Å². The van der Waals surface area contributed by atoms with Crippen LogP contribution in [0.3, 0.4) is 0 Å². The number of nitrogens with zero attached hydrogens (tertiary/aromatic N) is 4. The molecule has 0 radical (unpaired) electrons. The fourth-order valence-electron chi connectivity index (χ4n) is 3.54. The summed E-state index contributed by atoms with van der Waals surface area (Å²) in [7, 11) is 2.17. The molecule has 2 aromatic carbocycles. The van der Waals surface area contributed by atoms with Crippen molar-refractivity contribution in [2.75, 3.05) is 33.2 Å². The molecule has 1 heterocycles. The number of rotatable bonds is 6. The summed E-state index contributed by atoms with van der Waals surface area (Å²) in [5.41, 5.74) is 2.16. The van der Waals surface area contributed by atoms with E-state index in [4.69, 9.17) is 0 Å². The van der Waals surface area contributed by atoms with E-state index >= 15 is 0 Å². The van der Waals surface area contributed by atoms with Gasteiger partial charge in [-0.2, -0.15) is 0 Å². The minimum atomic E-state index is -0.368. The lowest BCUT2D eigenvalue weighted by atomic mass is 10.1. The number of piperazine rings is 1. The highest BCUT2D eigenvalue weighted by Gasteiger charge is 2.29. The van der Waals surface area contributed by atoms with E-state index in [2.05, 4.69) is 11.9 Å². The average molecular weight is 531 g/mol. The van der Waals surface area contributed by atoms with Crippen molar-refractivity contribution in [3.63, 3.8) is 0 Å². The van der Waals surface area contributed by atoms with E-state index < -0.39 is 0 Å². The number of hydrogen-bond donors (Lipinski definition) is 0. The normalized spacial score (nSPS) is 15.6. The van der Waals surface area contributed by atoms with Crippen molar-refractivity contribution in [1.29, 1.82) is 0 Å². The standard InChI is InChI=1S/C19H23N4O4.2BrH/c1-23(15-17-5-3-7-19(13-17)22(26)27)10-8-20(9-11-23)14-16-4-2-6-18(12-16)21(24)25;;/h2-7,12-13H,8-11,14-15H2,1H3;2*1H/q+1;;/p-2. The summed E-state index contributed by atoms with van der Waals surface area (Å²) in [6, 6.07) is 13.6. The number of likely N-dealkylation sites (N-methyl/N-ethyl adjacent to an activating group) is 1. The number of nitro benzene ring substituents is 2. The molecule has 10 heteroatoms. The summed E-state index contributed by atoms with van der Waals surface area (Å²) in [6.07, 6.45) is 0. The van der Waals surface area contributed by atoms with Crippen LogP contribution >= 0.6 is 0 Å². The largest absolute Gasteiger partial charge is 1.00 e. The second-order valence-electron chi connectivity index (χ2n) is 7.36. The lowest BCUT2D eigenvalue weighted by molar-refractivity contribution is -0.926. The molecule has 29 heavy (non-hydrogen) atoms. The second-order valence-corrected chi connectivity index (χ2v) is 7.36. The molecule has 0 bridgehead atoms. The molecule has 0 atom stereocenters. The van der Waals surface area contributed by atoms with Gasteiger partial charge in [-0.25, -0.2) is 0 Å². The average Bonchev–Trinajstić information content (AvgIpc) is 2.64. The molecule has 1 saturated heterocycles. The van der Waals surface area contributed by atoms with Crippen molar-refractivity contribution in [2.45, 2.75) is 13.1 Å². The minimum absolute atomic E-state index is 0. The van der Waals surface area contributed by atoms with Gasteiger partial charge in [0.1, 0.15) is 6.54 Å². The third-order valence-corrected chi connectivity index (χ3v) is 5.13. The van der Waals surface area contributed by atoms with Crippen molar-refractivity contribution in [2.24, 2.45) is 0 Å². The lowest BCUT2D eigenvalue weighted by Gasteiger charge is -2.42. The van der Waals surface area contributed by atoms with Crippen LogP contribution in [-0.2, 0) is 13.1 Å². The van der Waals surface area contributed by atoms with Crippen LogP contribution in [0.25, 0.3) is 0 Å². The summed E-state index contributed by atoms with van der Waals surface area (Å²) in [4.78, 5) is 23.4. The quantitative estimate of drug-likeness (QED) is 0.225. The molecule has 0 amide bonds. The number of halogens is 2. The highest BCUT2D eigenvalue weighted by atomic mass is 79.9. The Balaban J connectivity index is 0.00000210. The van der Waals surface area contributed by atoms with Crippen LogP contribution in [0.1, 0.15) is 11.1 Å². The van der Waals surface area contributed by atoms with Gasteiger partial charge in [0.05, 0.1) is 30.0 Å². The first kappa shape index (κ1) is 25.2. The monoisotopic (exact) mass is 529 g/mol. The zero-order chi connectivity index (χ0) is 19.4. The van der Waals surface area contributed by atoms with E-state index in [1.807, 2.05) is 12.1 Å². The number of benzene rings is 2. The highest BCUT2D eigenvalue weighted by molar-refractivity contribution is 5.34. The zero-order valence-electron chi connectivity index (χ0n) is 16.0. The molecule has 0 saturated carbocycles. The van der Waals surface area contributed by atoms with Crippen molar-refractivity contribution < 1.29 is 48.3 Å². The third-order valence-electron chi connectivity index (χ3n) is 5.13. The molecule has 1 fully saturated rings. The Morgan fingerprint density at radius 3 is 1.90 bits per heavy atom. The van der Waals surface area contributed by atoms with Gasteiger partial charge in [0, 0.05) is 49.5 Å². The SMILES string of the molecule is C[N+]1(Cc2cccc([N+](=O)[O-])c2)CCN(Cc2cccc([N+](=O)[O-])c2)CC1.[Br-].[Br-]. The Labute approximate surface area is 190 Å². The molecule has 0 aromatic heterocycles. The van der Waals surface area contributed by atoms with E-state index in [9.17, 15) is 20.2 Å². The highest BCUT2D eigenvalue weighted by Crippen LogP contribution is 2.21. The second kappa shape index (κ2) is 10.8. The molecule has 0 aliphatic carbocycles. The van der Waals surface area contributed by atoms with E-state index in [1.165, 1.54) is 12.1 Å². The number of non-ortho nitro benzene ring substituents is 2. The molecule has 0 unspecified atom stereocenters. The van der Waals surface area contributed by atoms with Crippen molar-refractivity contribution in [3.05, 3.63) is 79.9 Å². The Morgan fingerprint density at radius 2 is 1.38 bits per heavy atom. The van der Waals surface area contributed by atoms with Gasteiger partial charge < -0.3 is 38.4 Å². The van der Waals surface area contributed by atoms with Crippen LogP contribution < -0.4 is 34.0 Å². The Bertz CT molecular complexity index is 858. The summed E-state index contributed by atoms with van der Waals surface area (Å²) in [6.45, 7) is 5.07. The molecule has 0 spiro atoms. The van der Waals surface area contributed by atoms with Crippen molar-refractivity contribution >= 4 is 11.4 Å². The molecule has 3 rings (SSSR count). The summed E-state index contributed by atoms with van der Waals surface area (Å²) >= 11 is 0. The summed E-state index contributed by atoms with van der Waals surface area (Å²) < 4.78 is 0.826. The van der Waals surface area contributed by atoms with Gasteiger partial charge in [0.2, 0.25) is 0 Å². The van der Waals surface area contributed by atoms with Gasteiger partial charge in [-0.1, -0.05) is 24.3 Å². The van der Waals surface area contributed by atoms with Crippen molar-refractivity contribution in [1.82, 2.24) is 4.90 Å².